The van der Waals surface area contributed by atoms with Crippen molar-refractivity contribution < 1.29 is 0 Å². The maximum atomic E-state index is 2.39. The molecular formula is C38H50S2. The van der Waals surface area contributed by atoms with E-state index in [-0.39, 0.29) is 0 Å². The number of thioether (sulfide) groups is 2. The summed E-state index contributed by atoms with van der Waals surface area (Å²) in [5.74, 6) is 1.73. The summed E-state index contributed by atoms with van der Waals surface area (Å²) in [6.45, 7) is 14.3. The van der Waals surface area contributed by atoms with Crippen LogP contribution in [0.1, 0.15) is 104 Å². The van der Waals surface area contributed by atoms with Gasteiger partial charge in [0.1, 0.15) is 0 Å². The average molecular weight is 571 g/mol. The third kappa shape index (κ3) is 9.59. The predicted octanol–water partition coefficient (Wildman–Crippen LogP) is 13.0. The molecule has 2 heteroatoms. The van der Waals surface area contributed by atoms with E-state index in [0.29, 0.717) is 10.8 Å². The largest absolute Gasteiger partial charge is 0.106 e. The zero-order valence-corrected chi connectivity index (χ0v) is 27.3. The molecule has 0 spiro atoms. The summed E-state index contributed by atoms with van der Waals surface area (Å²) in [5, 5.41) is 9.22. The number of benzene rings is 2. The Labute approximate surface area is 253 Å². The molecule has 0 N–H and O–H groups in total. The molecule has 4 rings (SSSR count). The Bertz CT molecular complexity index is 1080. The third-order valence-electron chi connectivity index (χ3n) is 9.01. The number of rotatable bonds is 7. The number of hydrogen-bond donors (Lipinski definition) is 0. The lowest BCUT2D eigenvalue weighted by Gasteiger charge is -2.34. The summed E-state index contributed by atoms with van der Waals surface area (Å²) < 4.78 is 0. The standard InChI is InChI=1S/C38H50S2/c1-37(2,3)35-19-11-31(12-20-35)27-39-25-23-29-7-15-33(16-8-29)34-17-9-30(10-18-34)24-26-40-28-32-13-21-36(22-14-32)38(4,5)6/h7-10,15-18,23-28,35-36H,11-14,19-22H2,1-6H3/b25-23+,26-24+,31-27?,32-28?. The SMILES string of the molecule is CC(C)(C)C1CCC(=CS/C=C/c2ccc(-c3ccc(/C=C/SC=C4CCC(C(C)(C)C)CC4)cc3)cc2)CC1. The molecule has 2 aromatic rings. The molecule has 0 heterocycles. The lowest BCUT2D eigenvalue weighted by Crippen LogP contribution is -2.23. The molecule has 2 fully saturated rings. The maximum absolute atomic E-state index is 2.39. The van der Waals surface area contributed by atoms with Gasteiger partial charge < -0.3 is 0 Å². The molecule has 0 aliphatic heterocycles. The monoisotopic (exact) mass is 570 g/mol. The molecule has 0 aromatic heterocycles. The van der Waals surface area contributed by atoms with Crippen molar-refractivity contribution in [2.24, 2.45) is 22.7 Å². The topological polar surface area (TPSA) is 0 Å². The second-order valence-corrected chi connectivity index (χ2v) is 15.5. The quantitative estimate of drug-likeness (QED) is 0.325. The first-order valence-electron chi connectivity index (χ1n) is 15.3. The normalized spacial score (nSPS) is 20.9. The molecule has 2 aliphatic rings. The van der Waals surface area contributed by atoms with E-state index in [4.69, 9.17) is 0 Å². The fraction of sp³-hybridized carbons (Fsp3) is 0.474. The van der Waals surface area contributed by atoms with Crippen molar-refractivity contribution in [1.29, 1.82) is 0 Å². The van der Waals surface area contributed by atoms with Gasteiger partial charge in [-0.3, -0.25) is 0 Å². The van der Waals surface area contributed by atoms with Gasteiger partial charge in [-0.15, -0.1) is 23.5 Å². The second kappa shape index (κ2) is 14.3. The van der Waals surface area contributed by atoms with Crippen LogP contribution in [0.2, 0.25) is 0 Å². The second-order valence-electron chi connectivity index (χ2n) is 14.0. The first-order chi connectivity index (χ1) is 19.1. The van der Waals surface area contributed by atoms with Crippen LogP contribution < -0.4 is 0 Å². The molecular weight excluding hydrogens is 521 g/mol. The summed E-state index contributed by atoms with van der Waals surface area (Å²) >= 11 is 3.66. The highest BCUT2D eigenvalue weighted by Crippen LogP contribution is 2.41. The van der Waals surface area contributed by atoms with E-state index in [2.05, 4.69) is 124 Å². The highest BCUT2D eigenvalue weighted by molar-refractivity contribution is 8.05. The molecule has 0 amide bonds. The van der Waals surface area contributed by atoms with Crippen molar-refractivity contribution in [2.75, 3.05) is 0 Å². The maximum Gasteiger partial charge on any atom is -0.0184 e. The molecule has 0 atom stereocenters. The van der Waals surface area contributed by atoms with Crippen molar-refractivity contribution in [3.63, 3.8) is 0 Å². The molecule has 2 aromatic carbocycles. The summed E-state index contributed by atoms with van der Waals surface area (Å²) in [6, 6.07) is 17.8. The molecule has 0 saturated heterocycles. The summed E-state index contributed by atoms with van der Waals surface area (Å²) in [7, 11) is 0. The zero-order chi connectivity index (χ0) is 28.6. The van der Waals surface area contributed by atoms with Crippen molar-refractivity contribution in [3.05, 3.63) is 92.4 Å². The Morgan fingerprint density at radius 2 is 0.850 bits per heavy atom. The van der Waals surface area contributed by atoms with Crippen LogP contribution >= 0.6 is 23.5 Å². The lowest BCUT2D eigenvalue weighted by molar-refractivity contribution is 0.197. The Kier molecular flexibility index (Phi) is 11.1. The molecule has 0 bridgehead atoms. The zero-order valence-electron chi connectivity index (χ0n) is 25.7. The van der Waals surface area contributed by atoms with E-state index in [9.17, 15) is 0 Å². The molecule has 2 saturated carbocycles. The summed E-state index contributed by atoms with van der Waals surface area (Å²) in [6.07, 6.45) is 14.9. The first kappa shape index (κ1) is 31.0. The van der Waals surface area contributed by atoms with E-state index in [1.54, 1.807) is 11.1 Å². The van der Waals surface area contributed by atoms with E-state index < -0.39 is 0 Å². The van der Waals surface area contributed by atoms with Crippen LogP contribution in [0.15, 0.2) is 81.3 Å². The van der Waals surface area contributed by atoms with Crippen LogP contribution in [0.3, 0.4) is 0 Å². The summed E-state index contributed by atoms with van der Waals surface area (Å²) in [5.41, 5.74) is 9.19. The predicted molar refractivity (Wildman–Crippen MR) is 184 cm³/mol. The minimum Gasteiger partial charge on any atom is -0.106 e. The van der Waals surface area contributed by atoms with Crippen LogP contribution in [0, 0.1) is 22.7 Å². The van der Waals surface area contributed by atoms with Gasteiger partial charge in [-0.25, -0.2) is 0 Å². The fourth-order valence-electron chi connectivity index (χ4n) is 6.03. The van der Waals surface area contributed by atoms with Crippen molar-refractivity contribution in [1.82, 2.24) is 0 Å². The van der Waals surface area contributed by atoms with Crippen molar-refractivity contribution >= 4 is 35.7 Å². The van der Waals surface area contributed by atoms with Gasteiger partial charge in [0.25, 0.3) is 0 Å². The minimum absolute atomic E-state index is 0.450. The highest BCUT2D eigenvalue weighted by Gasteiger charge is 2.28. The van der Waals surface area contributed by atoms with Gasteiger partial charge in [-0.2, -0.15) is 0 Å². The van der Waals surface area contributed by atoms with Gasteiger partial charge in [0, 0.05) is 0 Å². The van der Waals surface area contributed by atoms with Gasteiger partial charge in [-0.05, 0) is 130 Å². The lowest BCUT2D eigenvalue weighted by atomic mass is 9.71. The van der Waals surface area contributed by atoms with E-state index >= 15 is 0 Å². The Morgan fingerprint density at radius 1 is 0.525 bits per heavy atom. The third-order valence-corrected chi connectivity index (χ3v) is 10.5. The first-order valence-corrected chi connectivity index (χ1v) is 17.2. The van der Waals surface area contributed by atoms with E-state index in [1.165, 1.54) is 73.6 Å². The summed E-state index contributed by atoms with van der Waals surface area (Å²) in [4.78, 5) is 0. The van der Waals surface area contributed by atoms with Gasteiger partial charge in [0.2, 0.25) is 0 Å². The van der Waals surface area contributed by atoms with Gasteiger partial charge in [0.05, 0.1) is 0 Å². The Morgan fingerprint density at radius 3 is 1.15 bits per heavy atom. The fourth-order valence-corrected chi connectivity index (χ4v) is 7.51. The molecule has 40 heavy (non-hydrogen) atoms. The van der Waals surface area contributed by atoms with Gasteiger partial charge in [-0.1, -0.05) is 101 Å². The van der Waals surface area contributed by atoms with Gasteiger partial charge in [0.15, 0.2) is 0 Å². The molecule has 214 valence electrons. The van der Waals surface area contributed by atoms with Gasteiger partial charge >= 0.3 is 0 Å². The smallest absolute Gasteiger partial charge is 0.0184 e. The number of hydrogen-bond acceptors (Lipinski definition) is 2. The average Bonchev–Trinajstić information content (AvgIpc) is 2.94. The molecule has 0 nitrogen and oxygen atoms in total. The molecule has 2 aliphatic carbocycles. The Hall–Kier alpha value is -1.90. The van der Waals surface area contributed by atoms with Crippen molar-refractivity contribution in [3.8, 4) is 11.1 Å². The molecule has 0 unspecified atom stereocenters. The van der Waals surface area contributed by atoms with E-state index in [1.807, 2.05) is 23.5 Å². The number of allylic oxidation sites excluding steroid dienone is 2. The van der Waals surface area contributed by atoms with Crippen LogP contribution in [0.25, 0.3) is 23.3 Å². The highest BCUT2D eigenvalue weighted by atomic mass is 32.2. The Balaban J connectivity index is 1.21. The van der Waals surface area contributed by atoms with Crippen LogP contribution in [-0.2, 0) is 0 Å². The van der Waals surface area contributed by atoms with Crippen LogP contribution in [0.4, 0.5) is 0 Å². The van der Waals surface area contributed by atoms with Crippen molar-refractivity contribution in [2.45, 2.75) is 92.9 Å². The van der Waals surface area contributed by atoms with Crippen LogP contribution in [0.5, 0.6) is 0 Å². The van der Waals surface area contributed by atoms with Crippen LogP contribution in [-0.4, -0.2) is 0 Å². The minimum atomic E-state index is 0.450. The molecule has 0 radical (unpaired) electrons. The van der Waals surface area contributed by atoms with E-state index in [0.717, 1.165) is 11.8 Å².